The SMILES string of the molecule is CCCNC(=O)c1cccc([Si](OCC)(OCC)OCC)c1C(N)=O. The summed E-state index contributed by atoms with van der Waals surface area (Å²) in [4.78, 5) is 24.6. The van der Waals surface area contributed by atoms with Crippen molar-refractivity contribution in [3.05, 3.63) is 29.3 Å². The molecule has 1 rings (SSSR count). The van der Waals surface area contributed by atoms with Gasteiger partial charge in [-0.05, 0) is 33.3 Å². The highest BCUT2D eigenvalue weighted by molar-refractivity contribution is 6.76. The second kappa shape index (κ2) is 10.3. The molecular formula is C17H28N2O5Si. The first kappa shape index (κ1) is 21.3. The highest BCUT2D eigenvalue weighted by atomic mass is 28.4. The average molecular weight is 369 g/mol. The summed E-state index contributed by atoms with van der Waals surface area (Å²) in [7, 11) is -3.37. The van der Waals surface area contributed by atoms with Gasteiger partial charge in [0.25, 0.3) is 5.91 Å². The van der Waals surface area contributed by atoms with Crippen LogP contribution < -0.4 is 16.2 Å². The quantitative estimate of drug-likeness (QED) is 0.571. The van der Waals surface area contributed by atoms with Gasteiger partial charge in [-0.25, -0.2) is 0 Å². The van der Waals surface area contributed by atoms with Crippen molar-refractivity contribution >= 4 is 25.8 Å². The standard InChI is InChI=1S/C17H28N2O5Si/c1-5-12-19-17(21)13-10-9-11-14(15(13)16(18)20)25(22-6-2,23-7-3)24-8-4/h9-11H,5-8,12H2,1-4H3,(H2,18,20)(H,19,21). The summed E-state index contributed by atoms with van der Waals surface area (Å²) in [5, 5.41) is 3.19. The molecule has 0 aliphatic carbocycles. The highest BCUT2D eigenvalue weighted by Gasteiger charge is 2.46. The Bertz CT molecular complexity index is 577. The number of rotatable bonds is 11. The van der Waals surface area contributed by atoms with E-state index in [0.717, 1.165) is 6.42 Å². The molecule has 0 heterocycles. The normalized spacial score (nSPS) is 11.4. The van der Waals surface area contributed by atoms with Gasteiger partial charge in [0.05, 0.1) is 11.1 Å². The van der Waals surface area contributed by atoms with Gasteiger partial charge in [-0.15, -0.1) is 0 Å². The third kappa shape index (κ3) is 5.11. The van der Waals surface area contributed by atoms with E-state index in [9.17, 15) is 9.59 Å². The minimum atomic E-state index is -3.37. The predicted molar refractivity (Wildman–Crippen MR) is 97.9 cm³/mol. The Balaban J connectivity index is 3.54. The monoisotopic (exact) mass is 368 g/mol. The zero-order valence-corrected chi connectivity index (χ0v) is 16.4. The predicted octanol–water partition coefficient (Wildman–Crippen LogP) is 1.18. The van der Waals surface area contributed by atoms with Gasteiger partial charge >= 0.3 is 8.80 Å². The molecule has 0 aliphatic heterocycles. The van der Waals surface area contributed by atoms with E-state index in [0.29, 0.717) is 31.6 Å². The number of nitrogens with two attached hydrogens (primary N) is 1. The molecule has 0 unspecified atom stereocenters. The number of amides is 2. The largest absolute Gasteiger partial charge is 0.538 e. The van der Waals surface area contributed by atoms with E-state index in [2.05, 4.69) is 5.32 Å². The van der Waals surface area contributed by atoms with Crippen molar-refractivity contribution in [2.24, 2.45) is 5.73 Å². The van der Waals surface area contributed by atoms with Crippen molar-refractivity contribution in [2.75, 3.05) is 26.4 Å². The topological polar surface area (TPSA) is 99.9 Å². The van der Waals surface area contributed by atoms with Crippen LogP contribution in [0.25, 0.3) is 0 Å². The number of hydrogen-bond donors (Lipinski definition) is 2. The molecule has 2 amide bonds. The summed E-state index contributed by atoms with van der Waals surface area (Å²) < 4.78 is 17.6. The molecule has 8 heteroatoms. The molecule has 25 heavy (non-hydrogen) atoms. The van der Waals surface area contributed by atoms with Crippen molar-refractivity contribution in [3.8, 4) is 0 Å². The van der Waals surface area contributed by atoms with Crippen LogP contribution in [0.1, 0.15) is 54.8 Å². The van der Waals surface area contributed by atoms with E-state index in [1.807, 2.05) is 27.7 Å². The van der Waals surface area contributed by atoms with Crippen LogP contribution in [-0.4, -0.2) is 47.0 Å². The van der Waals surface area contributed by atoms with Crippen LogP contribution in [0.15, 0.2) is 18.2 Å². The van der Waals surface area contributed by atoms with Crippen LogP contribution in [0.3, 0.4) is 0 Å². The summed E-state index contributed by atoms with van der Waals surface area (Å²) in [6.45, 7) is 8.95. The van der Waals surface area contributed by atoms with E-state index in [1.54, 1.807) is 18.2 Å². The van der Waals surface area contributed by atoms with Gasteiger partial charge in [0.2, 0.25) is 5.91 Å². The molecule has 3 N–H and O–H groups in total. The van der Waals surface area contributed by atoms with Crippen molar-refractivity contribution < 1.29 is 22.9 Å². The number of primary amides is 1. The first-order valence-electron chi connectivity index (χ1n) is 8.60. The minimum absolute atomic E-state index is 0.0955. The molecule has 7 nitrogen and oxygen atoms in total. The van der Waals surface area contributed by atoms with Gasteiger partial charge in [0.1, 0.15) is 0 Å². The van der Waals surface area contributed by atoms with E-state index in [4.69, 9.17) is 19.0 Å². The van der Waals surface area contributed by atoms with Crippen LogP contribution in [-0.2, 0) is 13.3 Å². The van der Waals surface area contributed by atoms with Crippen LogP contribution in [0.5, 0.6) is 0 Å². The maximum Gasteiger partial charge on any atom is 0.538 e. The number of benzene rings is 1. The van der Waals surface area contributed by atoms with Crippen LogP contribution in [0.4, 0.5) is 0 Å². The van der Waals surface area contributed by atoms with E-state index in [-0.39, 0.29) is 17.0 Å². The van der Waals surface area contributed by atoms with Gasteiger partial charge in [0.15, 0.2) is 0 Å². The lowest BCUT2D eigenvalue weighted by molar-refractivity contribution is 0.0846. The van der Waals surface area contributed by atoms with Gasteiger partial charge in [-0.1, -0.05) is 19.1 Å². The van der Waals surface area contributed by atoms with Crippen molar-refractivity contribution in [1.82, 2.24) is 5.32 Å². The Morgan fingerprint density at radius 2 is 1.60 bits per heavy atom. The van der Waals surface area contributed by atoms with Gasteiger partial charge in [-0.2, -0.15) is 0 Å². The summed E-state index contributed by atoms with van der Waals surface area (Å²) in [6.07, 6.45) is 0.785. The van der Waals surface area contributed by atoms with Gasteiger partial charge < -0.3 is 24.3 Å². The lowest BCUT2D eigenvalue weighted by Crippen LogP contribution is -2.59. The lowest BCUT2D eigenvalue weighted by atomic mass is 10.1. The molecule has 1 aromatic rings. The molecular weight excluding hydrogens is 340 g/mol. The van der Waals surface area contributed by atoms with Crippen molar-refractivity contribution in [3.63, 3.8) is 0 Å². The number of hydrogen-bond acceptors (Lipinski definition) is 5. The molecule has 0 aliphatic rings. The second-order valence-electron chi connectivity index (χ2n) is 5.20. The average Bonchev–Trinajstić information content (AvgIpc) is 2.59. The molecule has 0 spiro atoms. The maximum atomic E-state index is 12.5. The lowest BCUT2D eigenvalue weighted by Gasteiger charge is -2.30. The zero-order chi connectivity index (χ0) is 18.9. The molecule has 0 bridgehead atoms. The Labute approximate surface area is 150 Å². The number of nitrogens with one attached hydrogen (secondary N) is 1. The van der Waals surface area contributed by atoms with Crippen LogP contribution in [0, 0.1) is 0 Å². The molecule has 0 saturated heterocycles. The van der Waals surface area contributed by atoms with E-state index < -0.39 is 14.7 Å². The molecule has 0 aromatic heterocycles. The summed E-state index contributed by atoms with van der Waals surface area (Å²) in [6, 6.07) is 4.93. The molecule has 0 radical (unpaired) electrons. The van der Waals surface area contributed by atoms with E-state index in [1.165, 1.54) is 0 Å². The zero-order valence-electron chi connectivity index (χ0n) is 15.4. The molecule has 0 atom stereocenters. The molecule has 0 fully saturated rings. The van der Waals surface area contributed by atoms with Crippen LogP contribution >= 0.6 is 0 Å². The first-order valence-corrected chi connectivity index (χ1v) is 10.3. The number of carbonyl (C=O) groups excluding carboxylic acids is 2. The molecule has 0 saturated carbocycles. The third-order valence-electron chi connectivity index (χ3n) is 3.42. The minimum Gasteiger partial charge on any atom is -0.370 e. The van der Waals surface area contributed by atoms with E-state index >= 15 is 0 Å². The Hall–Kier alpha value is -1.74. The first-order chi connectivity index (χ1) is 12.0. The molecule has 1 aromatic carbocycles. The Morgan fingerprint density at radius 1 is 1.04 bits per heavy atom. The second-order valence-corrected chi connectivity index (χ2v) is 7.72. The van der Waals surface area contributed by atoms with Crippen LogP contribution in [0.2, 0.25) is 0 Å². The highest BCUT2D eigenvalue weighted by Crippen LogP contribution is 2.17. The fraction of sp³-hybridized carbons (Fsp3) is 0.529. The van der Waals surface area contributed by atoms with Gasteiger partial charge in [0, 0.05) is 31.6 Å². The maximum absolute atomic E-state index is 12.5. The smallest absolute Gasteiger partial charge is 0.370 e. The van der Waals surface area contributed by atoms with Gasteiger partial charge in [-0.3, -0.25) is 9.59 Å². The van der Waals surface area contributed by atoms with Crippen molar-refractivity contribution in [1.29, 1.82) is 0 Å². The molecule has 140 valence electrons. The fourth-order valence-corrected chi connectivity index (χ4v) is 5.25. The number of carbonyl (C=O) groups is 2. The third-order valence-corrected chi connectivity index (χ3v) is 6.51. The summed E-state index contributed by atoms with van der Waals surface area (Å²) in [5.41, 5.74) is 5.90. The Morgan fingerprint density at radius 3 is 2.04 bits per heavy atom. The summed E-state index contributed by atoms with van der Waals surface area (Å²) >= 11 is 0. The Kier molecular flexibility index (Phi) is 8.77. The van der Waals surface area contributed by atoms with Crippen molar-refractivity contribution in [2.45, 2.75) is 34.1 Å². The fourth-order valence-electron chi connectivity index (χ4n) is 2.52. The summed E-state index contributed by atoms with van der Waals surface area (Å²) in [5.74, 6) is -1.07.